The van der Waals surface area contributed by atoms with E-state index in [-0.39, 0.29) is 11.4 Å². The van der Waals surface area contributed by atoms with Gasteiger partial charge in [-0.3, -0.25) is 14.2 Å². The summed E-state index contributed by atoms with van der Waals surface area (Å²) >= 11 is 0. The normalized spacial score (nSPS) is 11.9. The summed E-state index contributed by atoms with van der Waals surface area (Å²) in [5.74, 6) is 0.0316. The minimum atomic E-state index is -4.60. The molecule has 0 atom stereocenters. The highest BCUT2D eigenvalue weighted by atomic mass is 19.4. The molecule has 0 unspecified atom stereocenters. The van der Waals surface area contributed by atoms with E-state index >= 15 is 0 Å². The van der Waals surface area contributed by atoms with Crippen LogP contribution in [0, 0.1) is 6.92 Å². The molecule has 5 rings (SSSR count). The van der Waals surface area contributed by atoms with Gasteiger partial charge in [0.1, 0.15) is 5.82 Å². The SMILES string of the molecule is Cc1ccc(C(=O)Nc2cc(-n3ccnc3CN(C)C)cc(C(F)(F)F)c2)cc1-c1cnc2cnccn12. The predicted octanol–water partition coefficient (Wildman–Crippen LogP) is 5.22. The lowest BCUT2D eigenvalue weighted by Gasteiger charge is -2.16. The molecule has 0 saturated heterocycles. The van der Waals surface area contributed by atoms with Gasteiger partial charge in [-0.15, -0.1) is 0 Å². The molecule has 0 aliphatic rings. The Bertz CT molecular complexity index is 1640. The zero-order valence-electron chi connectivity index (χ0n) is 20.9. The van der Waals surface area contributed by atoms with Gasteiger partial charge in [-0.2, -0.15) is 13.2 Å². The number of rotatable bonds is 6. The second kappa shape index (κ2) is 9.75. The maximum atomic E-state index is 13.8. The number of aryl methyl sites for hydroxylation is 1. The molecule has 2 aromatic carbocycles. The van der Waals surface area contributed by atoms with E-state index in [4.69, 9.17) is 0 Å². The van der Waals surface area contributed by atoms with E-state index < -0.39 is 17.6 Å². The van der Waals surface area contributed by atoms with E-state index in [0.29, 0.717) is 23.6 Å². The molecule has 3 aromatic heterocycles. The molecule has 0 bridgehead atoms. The van der Waals surface area contributed by atoms with Gasteiger partial charge in [0, 0.05) is 47.3 Å². The maximum Gasteiger partial charge on any atom is 0.416 e. The molecular weight excluding hydrogens is 495 g/mol. The fraction of sp³-hybridized carbons (Fsp3) is 0.185. The monoisotopic (exact) mass is 519 g/mol. The highest BCUT2D eigenvalue weighted by molar-refractivity contribution is 6.05. The molecule has 1 amide bonds. The van der Waals surface area contributed by atoms with Gasteiger partial charge in [0.2, 0.25) is 0 Å². The van der Waals surface area contributed by atoms with Gasteiger partial charge in [-0.25, -0.2) is 9.97 Å². The second-order valence-electron chi connectivity index (χ2n) is 9.15. The van der Waals surface area contributed by atoms with Gasteiger partial charge < -0.3 is 14.8 Å². The van der Waals surface area contributed by atoms with Crippen molar-refractivity contribution in [3.8, 4) is 16.9 Å². The quantitative estimate of drug-likeness (QED) is 0.333. The van der Waals surface area contributed by atoms with Gasteiger partial charge in [-0.05, 0) is 56.9 Å². The van der Waals surface area contributed by atoms with Crippen LogP contribution in [0.4, 0.5) is 18.9 Å². The number of hydrogen-bond donors (Lipinski definition) is 1. The number of halogens is 3. The van der Waals surface area contributed by atoms with Crippen LogP contribution in [0.1, 0.15) is 27.3 Å². The third-order valence-electron chi connectivity index (χ3n) is 6.05. The Hall–Kier alpha value is -4.51. The lowest BCUT2D eigenvalue weighted by Crippen LogP contribution is -2.16. The number of anilines is 1. The van der Waals surface area contributed by atoms with Crippen LogP contribution in [0.25, 0.3) is 22.6 Å². The molecule has 3 heterocycles. The van der Waals surface area contributed by atoms with E-state index in [1.54, 1.807) is 53.8 Å². The molecule has 194 valence electrons. The summed E-state index contributed by atoms with van der Waals surface area (Å²) in [5.41, 5.74) is 2.79. The molecule has 1 N–H and O–H groups in total. The third-order valence-corrected chi connectivity index (χ3v) is 6.05. The topological polar surface area (TPSA) is 80.3 Å². The van der Waals surface area contributed by atoms with Crippen molar-refractivity contribution in [3.05, 3.63) is 96.1 Å². The lowest BCUT2D eigenvalue weighted by molar-refractivity contribution is -0.137. The van der Waals surface area contributed by atoms with Gasteiger partial charge >= 0.3 is 6.18 Å². The molecule has 5 aromatic rings. The fourth-order valence-corrected chi connectivity index (χ4v) is 4.24. The van der Waals surface area contributed by atoms with Crippen molar-refractivity contribution in [2.75, 3.05) is 19.4 Å². The Labute approximate surface area is 216 Å². The van der Waals surface area contributed by atoms with Crippen LogP contribution in [-0.2, 0) is 12.7 Å². The van der Waals surface area contributed by atoms with E-state index in [1.807, 2.05) is 30.3 Å². The molecule has 0 fully saturated rings. The molecule has 0 radical (unpaired) electrons. The van der Waals surface area contributed by atoms with Crippen molar-refractivity contribution in [2.24, 2.45) is 0 Å². The molecule has 0 aliphatic carbocycles. The van der Waals surface area contributed by atoms with Crippen LogP contribution in [0.3, 0.4) is 0 Å². The Balaban J connectivity index is 1.51. The van der Waals surface area contributed by atoms with E-state index in [0.717, 1.165) is 29.0 Å². The predicted molar refractivity (Wildman–Crippen MR) is 137 cm³/mol. The van der Waals surface area contributed by atoms with E-state index in [1.165, 1.54) is 12.3 Å². The summed E-state index contributed by atoms with van der Waals surface area (Å²) in [5, 5.41) is 2.65. The van der Waals surface area contributed by atoms with Crippen molar-refractivity contribution >= 4 is 17.2 Å². The number of amides is 1. The van der Waals surface area contributed by atoms with Crippen LogP contribution >= 0.6 is 0 Å². The van der Waals surface area contributed by atoms with Crippen LogP contribution in [0.15, 0.2) is 73.6 Å². The zero-order valence-corrected chi connectivity index (χ0v) is 20.9. The highest BCUT2D eigenvalue weighted by Crippen LogP contribution is 2.34. The number of hydrogen-bond acceptors (Lipinski definition) is 5. The highest BCUT2D eigenvalue weighted by Gasteiger charge is 2.32. The van der Waals surface area contributed by atoms with Crippen LogP contribution < -0.4 is 5.32 Å². The van der Waals surface area contributed by atoms with Crippen LogP contribution in [0.5, 0.6) is 0 Å². The first-order valence-corrected chi connectivity index (χ1v) is 11.7. The first-order chi connectivity index (χ1) is 18.1. The maximum absolute atomic E-state index is 13.8. The molecule has 0 saturated carbocycles. The average Bonchev–Trinajstić information content (AvgIpc) is 3.50. The Morgan fingerprint density at radius 2 is 1.84 bits per heavy atom. The van der Waals surface area contributed by atoms with Crippen molar-refractivity contribution in [2.45, 2.75) is 19.6 Å². The fourth-order valence-electron chi connectivity index (χ4n) is 4.24. The summed E-state index contributed by atoms with van der Waals surface area (Å²) in [4.78, 5) is 27.8. The standard InChI is InChI=1S/C27H24F3N7O/c1-17-4-5-18(10-22(17)23-14-33-24-15-31-6-8-37(23)24)26(38)34-20-11-19(27(28,29)30)12-21(13-20)36-9-7-32-25(36)16-35(2)3/h4-15H,16H2,1-3H3,(H,34,38). The number of benzene rings is 2. The van der Waals surface area contributed by atoms with Crippen LogP contribution in [0.2, 0.25) is 0 Å². The first-order valence-electron chi connectivity index (χ1n) is 11.7. The lowest BCUT2D eigenvalue weighted by atomic mass is 10.0. The Morgan fingerprint density at radius 3 is 2.61 bits per heavy atom. The van der Waals surface area contributed by atoms with E-state index in [9.17, 15) is 18.0 Å². The number of aromatic nitrogens is 5. The summed E-state index contributed by atoms with van der Waals surface area (Å²) < 4.78 is 44.8. The molecule has 11 heteroatoms. The molecule has 8 nitrogen and oxygen atoms in total. The molecule has 0 aliphatic heterocycles. The summed E-state index contributed by atoms with van der Waals surface area (Å²) in [7, 11) is 3.69. The number of alkyl halides is 3. The molecule has 0 spiro atoms. The minimum absolute atomic E-state index is 0.0207. The van der Waals surface area contributed by atoms with Crippen LogP contribution in [-0.4, -0.2) is 48.8 Å². The number of carbonyl (C=O) groups is 1. The van der Waals surface area contributed by atoms with E-state index in [2.05, 4.69) is 20.3 Å². The third kappa shape index (κ3) is 5.00. The second-order valence-corrected chi connectivity index (χ2v) is 9.15. The summed E-state index contributed by atoms with van der Waals surface area (Å²) in [6.07, 6.45) is 5.25. The number of imidazole rings is 2. The number of fused-ring (bicyclic) bond motifs is 1. The smallest absolute Gasteiger partial charge is 0.322 e. The summed E-state index contributed by atoms with van der Waals surface area (Å²) in [6.45, 7) is 2.34. The van der Waals surface area contributed by atoms with Gasteiger partial charge in [0.15, 0.2) is 5.65 Å². The summed E-state index contributed by atoms with van der Waals surface area (Å²) in [6, 6.07) is 8.60. The van der Waals surface area contributed by atoms with Crippen molar-refractivity contribution in [1.29, 1.82) is 0 Å². The number of carbonyl (C=O) groups excluding carboxylic acids is 1. The molecule has 38 heavy (non-hydrogen) atoms. The van der Waals surface area contributed by atoms with Gasteiger partial charge in [-0.1, -0.05) is 6.07 Å². The van der Waals surface area contributed by atoms with Gasteiger partial charge in [0.25, 0.3) is 5.91 Å². The van der Waals surface area contributed by atoms with Crippen molar-refractivity contribution in [3.63, 3.8) is 0 Å². The first kappa shape index (κ1) is 25.2. The number of nitrogens with one attached hydrogen (secondary N) is 1. The largest absolute Gasteiger partial charge is 0.416 e. The minimum Gasteiger partial charge on any atom is -0.322 e. The zero-order chi connectivity index (χ0) is 27.0. The average molecular weight is 520 g/mol. The van der Waals surface area contributed by atoms with Gasteiger partial charge in [0.05, 0.1) is 30.2 Å². The Kier molecular flexibility index (Phi) is 6.45. The number of nitrogens with zero attached hydrogens (tertiary/aromatic N) is 6. The van der Waals surface area contributed by atoms with Crippen molar-refractivity contribution in [1.82, 2.24) is 28.8 Å². The Morgan fingerprint density at radius 1 is 1.03 bits per heavy atom. The van der Waals surface area contributed by atoms with Crippen molar-refractivity contribution < 1.29 is 18.0 Å². The molecular formula is C27H24F3N7O.